The maximum absolute atomic E-state index is 14.3. The minimum absolute atomic E-state index is 0.0446. The van der Waals surface area contributed by atoms with Gasteiger partial charge in [0, 0.05) is 61.3 Å². The second kappa shape index (κ2) is 16.5. The summed E-state index contributed by atoms with van der Waals surface area (Å²) < 4.78 is 40.6. The molecule has 2 heterocycles. The van der Waals surface area contributed by atoms with Crippen molar-refractivity contribution in [1.29, 1.82) is 0 Å². The fourth-order valence-corrected chi connectivity index (χ4v) is 6.62. The van der Waals surface area contributed by atoms with Crippen molar-refractivity contribution in [3.63, 3.8) is 0 Å². The van der Waals surface area contributed by atoms with E-state index in [4.69, 9.17) is 21.1 Å². The van der Waals surface area contributed by atoms with E-state index in [0.29, 0.717) is 35.1 Å². The average molecular weight is 687 g/mol. The van der Waals surface area contributed by atoms with Gasteiger partial charge in [0.15, 0.2) is 0 Å². The lowest BCUT2D eigenvalue weighted by Crippen LogP contribution is -2.48. The van der Waals surface area contributed by atoms with E-state index in [1.54, 1.807) is 42.2 Å². The third kappa shape index (κ3) is 9.51. The molecule has 0 bridgehead atoms. The maximum Gasteiger partial charge on any atom is 0.258 e. The summed E-state index contributed by atoms with van der Waals surface area (Å²) >= 11 is 5.98. The van der Waals surface area contributed by atoms with E-state index < -0.39 is 28.1 Å². The highest BCUT2D eigenvalue weighted by Gasteiger charge is 2.32. The third-order valence-corrected chi connectivity index (χ3v) is 10.3. The number of likely N-dealkylation sites (N-methyl/N-ethyl adjacent to an activating group) is 1. The first-order chi connectivity index (χ1) is 22.4. The van der Waals surface area contributed by atoms with Crippen molar-refractivity contribution in [2.75, 3.05) is 38.7 Å². The number of pyridine rings is 1. The van der Waals surface area contributed by atoms with Crippen molar-refractivity contribution in [2.24, 2.45) is 5.92 Å². The van der Waals surface area contributed by atoms with Crippen LogP contribution in [0.2, 0.25) is 5.02 Å². The predicted molar refractivity (Wildman–Crippen MR) is 180 cm³/mol. The molecule has 0 saturated heterocycles. The number of carbonyl (C=O) groups is 2. The van der Waals surface area contributed by atoms with Crippen LogP contribution in [0.5, 0.6) is 5.75 Å². The summed E-state index contributed by atoms with van der Waals surface area (Å²) in [5.74, 6) is -0.733. The van der Waals surface area contributed by atoms with E-state index in [1.165, 1.54) is 48.0 Å². The molecule has 1 aliphatic heterocycles. The number of aromatic nitrogens is 1. The van der Waals surface area contributed by atoms with Gasteiger partial charge in [-0.05, 0) is 87.7 Å². The molecule has 4 atom stereocenters. The summed E-state index contributed by atoms with van der Waals surface area (Å²) in [6, 6.07) is 13.5. The molecule has 11 nitrogen and oxygen atoms in total. The molecule has 254 valence electrons. The molecular formula is C34H43ClN4O7S. The summed E-state index contributed by atoms with van der Waals surface area (Å²) in [7, 11) is -2.35. The van der Waals surface area contributed by atoms with Crippen LogP contribution >= 0.6 is 11.6 Å². The largest absolute Gasteiger partial charge is 0.490 e. The number of sulfonamides is 1. The van der Waals surface area contributed by atoms with Gasteiger partial charge < -0.3 is 24.8 Å². The minimum atomic E-state index is -3.85. The van der Waals surface area contributed by atoms with Gasteiger partial charge in [-0.2, -0.15) is 4.31 Å². The molecule has 4 rings (SSSR count). The second-order valence-electron chi connectivity index (χ2n) is 11.9. The van der Waals surface area contributed by atoms with E-state index in [9.17, 15) is 23.1 Å². The summed E-state index contributed by atoms with van der Waals surface area (Å²) in [4.78, 5) is 32.8. The van der Waals surface area contributed by atoms with Crippen molar-refractivity contribution in [3.05, 3.63) is 83.1 Å². The van der Waals surface area contributed by atoms with Gasteiger partial charge in [0.05, 0.1) is 35.3 Å². The molecule has 0 spiro atoms. The fourth-order valence-electron chi connectivity index (χ4n) is 5.31. The molecule has 0 aliphatic carbocycles. The van der Waals surface area contributed by atoms with Crippen molar-refractivity contribution in [1.82, 2.24) is 14.2 Å². The second-order valence-corrected chi connectivity index (χ2v) is 14.4. The zero-order valence-corrected chi connectivity index (χ0v) is 28.7. The van der Waals surface area contributed by atoms with E-state index in [1.807, 2.05) is 13.8 Å². The van der Waals surface area contributed by atoms with Crippen LogP contribution < -0.4 is 10.1 Å². The molecule has 0 fully saturated rings. The van der Waals surface area contributed by atoms with Gasteiger partial charge in [0.25, 0.3) is 11.8 Å². The Bertz CT molecular complexity index is 1610. The molecule has 1 aliphatic rings. The van der Waals surface area contributed by atoms with Crippen LogP contribution in [0.4, 0.5) is 5.69 Å². The Kier molecular flexibility index (Phi) is 12.8. The molecule has 2 aromatic carbocycles. The topological polar surface area (TPSA) is 138 Å². The minimum Gasteiger partial charge on any atom is -0.490 e. The summed E-state index contributed by atoms with van der Waals surface area (Å²) in [5, 5.41) is 13.5. The fraction of sp³-hybridized carbons (Fsp3) is 0.441. The number of anilines is 1. The highest BCUT2D eigenvalue weighted by Crippen LogP contribution is 2.29. The Morgan fingerprint density at radius 2 is 1.83 bits per heavy atom. The predicted octanol–water partition coefficient (Wildman–Crippen LogP) is 5.10. The summed E-state index contributed by atoms with van der Waals surface area (Å²) in [6.45, 7) is 5.85. The lowest BCUT2D eigenvalue weighted by molar-refractivity contribution is -0.00834. The number of carbonyl (C=O) groups excluding carboxylic acids is 2. The molecule has 3 aromatic rings. The van der Waals surface area contributed by atoms with Gasteiger partial charge in [-0.25, -0.2) is 8.42 Å². The zero-order valence-electron chi connectivity index (χ0n) is 27.1. The number of hydrogen-bond acceptors (Lipinski definition) is 8. The van der Waals surface area contributed by atoms with Crippen LogP contribution in [0.1, 0.15) is 60.7 Å². The molecular weight excluding hydrogens is 644 g/mol. The number of rotatable bonds is 8. The molecule has 13 heteroatoms. The molecule has 0 unspecified atom stereocenters. The number of amides is 2. The van der Waals surface area contributed by atoms with E-state index in [2.05, 4.69) is 10.3 Å². The first-order valence-corrected chi connectivity index (χ1v) is 17.5. The van der Waals surface area contributed by atoms with E-state index in [0.717, 1.165) is 12.8 Å². The molecule has 0 radical (unpaired) electrons. The maximum atomic E-state index is 14.3. The normalized spacial score (nSPS) is 20.5. The highest BCUT2D eigenvalue weighted by molar-refractivity contribution is 7.89. The third-order valence-electron chi connectivity index (χ3n) is 8.21. The van der Waals surface area contributed by atoms with Crippen molar-refractivity contribution >= 4 is 39.1 Å². The van der Waals surface area contributed by atoms with Crippen LogP contribution in [0.15, 0.2) is 71.9 Å². The first kappa shape index (κ1) is 36.3. The van der Waals surface area contributed by atoms with Crippen LogP contribution in [0.25, 0.3) is 0 Å². The Balaban J connectivity index is 1.65. The Morgan fingerprint density at radius 1 is 1.13 bits per heavy atom. The van der Waals surface area contributed by atoms with Crippen molar-refractivity contribution < 1.29 is 32.6 Å². The lowest BCUT2D eigenvalue weighted by Gasteiger charge is -2.35. The van der Waals surface area contributed by atoms with Gasteiger partial charge in [-0.1, -0.05) is 18.5 Å². The van der Waals surface area contributed by atoms with Gasteiger partial charge in [-0.15, -0.1) is 0 Å². The summed E-state index contributed by atoms with van der Waals surface area (Å²) in [5.41, 5.74) is 1.04. The van der Waals surface area contributed by atoms with Gasteiger partial charge in [0.1, 0.15) is 5.75 Å². The number of benzene rings is 2. The number of aliphatic hydroxyl groups excluding tert-OH is 1. The Labute approximate surface area is 281 Å². The SMILES string of the molecule is C[C@@H]1CN([C@@H](C)CO)C(=O)c2cc(NC(=O)c3ccncc3)ccc2O[C@@H](C)CCCCO[C@@H]1CN(C)S(=O)(=O)c1ccc(Cl)cc1. The molecule has 1 aromatic heterocycles. The van der Waals surface area contributed by atoms with E-state index in [-0.39, 0.29) is 48.1 Å². The number of halogens is 1. The van der Waals surface area contributed by atoms with Gasteiger partial charge in [-0.3, -0.25) is 14.6 Å². The zero-order chi connectivity index (χ0) is 34.1. The summed E-state index contributed by atoms with van der Waals surface area (Å²) in [6.07, 6.45) is 4.47. The van der Waals surface area contributed by atoms with Gasteiger partial charge in [0.2, 0.25) is 10.0 Å². The van der Waals surface area contributed by atoms with E-state index >= 15 is 0 Å². The quantitative estimate of drug-likeness (QED) is 0.334. The Morgan fingerprint density at radius 3 is 2.51 bits per heavy atom. The monoisotopic (exact) mass is 686 g/mol. The Hall–Kier alpha value is -3.55. The smallest absolute Gasteiger partial charge is 0.258 e. The highest BCUT2D eigenvalue weighted by atomic mass is 35.5. The number of fused-ring (bicyclic) bond motifs is 1. The van der Waals surface area contributed by atoms with Crippen LogP contribution in [0, 0.1) is 5.92 Å². The number of hydrogen-bond donors (Lipinski definition) is 2. The molecule has 2 N–H and O–H groups in total. The number of aliphatic hydroxyl groups is 1. The van der Waals surface area contributed by atoms with Gasteiger partial charge >= 0.3 is 0 Å². The molecule has 2 amide bonds. The van der Waals surface area contributed by atoms with Crippen molar-refractivity contribution in [2.45, 2.75) is 63.2 Å². The average Bonchev–Trinajstić information content (AvgIpc) is 3.06. The van der Waals surface area contributed by atoms with Crippen molar-refractivity contribution in [3.8, 4) is 5.75 Å². The van der Waals surface area contributed by atoms with Crippen LogP contribution in [-0.2, 0) is 14.8 Å². The first-order valence-electron chi connectivity index (χ1n) is 15.7. The van der Waals surface area contributed by atoms with Crippen LogP contribution in [0.3, 0.4) is 0 Å². The number of ether oxygens (including phenoxy) is 2. The number of nitrogens with one attached hydrogen (secondary N) is 1. The lowest BCUT2D eigenvalue weighted by atomic mass is 10.0. The van der Waals surface area contributed by atoms with Crippen LogP contribution in [-0.4, -0.2) is 91.1 Å². The molecule has 0 saturated carbocycles. The standard InChI is InChI=1S/C34H43ClN4O7S/c1-23-20-39(24(2)22-40)34(42)30-19-28(37-33(41)26-14-16-36-17-15-26)10-13-31(30)46-25(3)7-5-6-18-45-32(23)21-38(4)47(43,44)29-11-8-27(35)9-12-29/h8-17,19,23-25,32,40H,5-7,18,20-22H2,1-4H3,(H,37,41)/t23-,24+,25+,32-/m1/s1. The molecule has 47 heavy (non-hydrogen) atoms. The number of nitrogens with zero attached hydrogens (tertiary/aromatic N) is 3.